The first kappa shape index (κ1) is 20.2. The summed E-state index contributed by atoms with van der Waals surface area (Å²) in [7, 11) is 1.68. The predicted octanol–water partition coefficient (Wildman–Crippen LogP) is 1.94. The zero-order chi connectivity index (χ0) is 20.3. The Hall–Kier alpha value is -2.49. The summed E-state index contributed by atoms with van der Waals surface area (Å²) < 4.78 is 0. The monoisotopic (exact) mass is 403 g/mol. The summed E-state index contributed by atoms with van der Waals surface area (Å²) in [5.41, 5.74) is 6.86. The molecule has 9 heteroatoms. The molecule has 2 aromatic rings. The van der Waals surface area contributed by atoms with Gasteiger partial charge in [-0.05, 0) is 57.0 Å². The lowest BCUT2D eigenvalue weighted by molar-refractivity contribution is -0.145. The van der Waals surface area contributed by atoms with E-state index in [9.17, 15) is 14.7 Å². The van der Waals surface area contributed by atoms with Gasteiger partial charge in [0.25, 0.3) is 0 Å². The molecule has 0 aliphatic carbocycles. The number of anilines is 2. The third-order valence-electron chi connectivity index (χ3n) is 4.85. The van der Waals surface area contributed by atoms with Crippen molar-refractivity contribution in [1.29, 1.82) is 0 Å². The van der Waals surface area contributed by atoms with Gasteiger partial charge in [-0.3, -0.25) is 14.9 Å². The topological polar surface area (TPSA) is 121 Å². The van der Waals surface area contributed by atoms with Crippen LogP contribution in [0.2, 0.25) is 0 Å². The summed E-state index contributed by atoms with van der Waals surface area (Å²) >= 11 is 1.45. The van der Waals surface area contributed by atoms with Crippen LogP contribution in [-0.4, -0.2) is 40.4 Å². The van der Waals surface area contributed by atoms with Gasteiger partial charge in [0, 0.05) is 16.3 Å². The lowest BCUT2D eigenvalue weighted by atomic mass is 10.0. The molecule has 0 saturated carbocycles. The van der Waals surface area contributed by atoms with Crippen molar-refractivity contribution in [2.75, 3.05) is 24.6 Å². The molecule has 0 aromatic carbocycles. The fourth-order valence-electron chi connectivity index (χ4n) is 3.28. The Labute approximate surface area is 167 Å². The zero-order valence-corrected chi connectivity index (χ0v) is 16.8. The van der Waals surface area contributed by atoms with Crippen molar-refractivity contribution in [3.63, 3.8) is 0 Å². The summed E-state index contributed by atoms with van der Waals surface area (Å²) in [6, 6.07) is 5.29. The number of piperidine rings is 1. The molecule has 2 atom stereocenters. The van der Waals surface area contributed by atoms with Gasteiger partial charge in [0.15, 0.2) is 0 Å². The second-order valence-corrected chi connectivity index (χ2v) is 7.97. The predicted molar refractivity (Wildman–Crippen MR) is 109 cm³/mol. The smallest absolute Gasteiger partial charge is 0.313 e. The highest BCUT2D eigenvalue weighted by molar-refractivity contribution is 7.12. The van der Waals surface area contributed by atoms with Gasteiger partial charge >= 0.3 is 11.8 Å². The Morgan fingerprint density at radius 1 is 1.39 bits per heavy atom. The Kier molecular flexibility index (Phi) is 6.28. The SMILES string of the molecule is CNC(O)c1ccc([C@@H]2CCCCN2C(=O)C(=O)Nc2cnc(N)c(C)c2)s1. The zero-order valence-electron chi connectivity index (χ0n) is 15.9. The first-order valence-corrected chi connectivity index (χ1v) is 10.0. The van der Waals surface area contributed by atoms with Gasteiger partial charge in [-0.2, -0.15) is 0 Å². The molecule has 0 radical (unpaired) electrons. The number of hydrogen-bond donors (Lipinski definition) is 4. The maximum Gasteiger partial charge on any atom is 0.313 e. The van der Waals surface area contributed by atoms with Crippen LogP contribution < -0.4 is 16.4 Å². The Bertz CT molecular complexity index is 869. The summed E-state index contributed by atoms with van der Waals surface area (Å²) in [4.78, 5) is 32.8. The van der Waals surface area contributed by atoms with E-state index in [1.54, 1.807) is 24.9 Å². The molecule has 1 unspecified atom stereocenters. The number of nitrogens with one attached hydrogen (secondary N) is 2. The second kappa shape index (κ2) is 8.68. The van der Waals surface area contributed by atoms with Crippen molar-refractivity contribution in [3.05, 3.63) is 39.7 Å². The van der Waals surface area contributed by atoms with Crippen LogP contribution in [0.3, 0.4) is 0 Å². The van der Waals surface area contributed by atoms with Gasteiger partial charge in [0.05, 0.1) is 17.9 Å². The maximum atomic E-state index is 12.8. The number of hydrogen-bond acceptors (Lipinski definition) is 7. The number of nitrogens with two attached hydrogens (primary N) is 1. The molecular weight excluding hydrogens is 378 g/mol. The van der Waals surface area contributed by atoms with Gasteiger partial charge in [-0.25, -0.2) is 4.98 Å². The molecule has 3 rings (SSSR count). The molecule has 8 nitrogen and oxygen atoms in total. The summed E-state index contributed by atoms with van der Waals surface area (Å²) in [6.45, 7) is 2.31. The Morgan fingerprint density at radius 2 is 2.18 bits per heavy atom. The number of aliphatic hydroxyl groups is 1. The van der Waals surface area contributed by atoms with Crippen LogP contribution in [0.1, 0.15) is 46.8 Å². The van der Waals surface area contributed by atoms with Crippen molar-refractivity contribution >= 4 is 34.7 Å². The number of amides is 2. The summed E-state index contributed by atoms with van der Waals surface area (Å²) in [5, 5.41) is 15.4. The molecule has 1 fully saturated rings. The molecule has 1 saturated heterocycles. The molecule has 0 spiro atoms. The summed E-state index contributed by atoms with van der Waals surface area (Å²) in [5.74, 6) is -0.870. The van der Waals surface area contributed by atoms with Crippen LogP contribution in [0, 0.1) is 6.92 Å². The van der Waals surface area contributed by atoms with Crippen LogP contribution in [0.4, 0.5) is 11.5 Å². The lowest BCUT2D eigenvalue weighted by Gasteiger charge is -2.34. The molecule has 0 bridgehead atoms. The van der Waals surface area contributed by atoms with Crippen LogP contribution in [0.15, 0.2) is 24.4 Å². The van der Waals surface area contributed by atoms with Gasteiger partial charge in [0.2, 0.25) is 0 Å². The molecule has 150 valence electrons. The first-order chi connectivity index (χ1) is 13.4. The number of aryl methyl sites for hydroxylation is 1. The third kappa shape index (κ3) is 4.32. The number of aromatic nitrogens is 1. The van der Waals surface area contributed by atoms with Crippen LogP contribution >= 0.6 is 11.3 Å². The third-order valence-corrected chi connectivity index (χ3v) is 6.09. The van der Waals surface area contributed by atoms with Crippen molar-refractivity contribution in [3.8, 4) is 0 Å². The average molecular weight is 404 g/mol. The molecule has 2 amide bonds. The van der Waals surface area contributed by atoms with Gasteiger partial charge in [-0.1, -0.05) is 0 Å². The molecule has 2 aromatic heterocycles. The van der Waals surface area contributed by atoms with Crippen LogP contribution in [-0.2, 0) is 9.59 Å². The Balaban J connectivity index is 1.75. The molecule has 1 aliphatic rings. The fourth-order valence-corrected chi connectivity index (χ4v) is 4.43. The first-order valence-electron chi connectivity index (χ1n) is 9.19. The maximum absolute atomic E-state index is 12.8. The number of rotatable bonds is 4. The van der Waals surface area contributed by atoms with Crippen molar-refractivity contribution in [2.45, 2.75) is 38.5 Å². The van der Waals surface area contributed by atoms with E-state index in [2.05, 4.69) is 15.6 Å². The van der Waals surface area contributed by atoms with E-state index in [1.807, 2.05) is 12.1 Å². The molecule has 1 aliphatic heterocycles. The van der Waals surface area contributed by atoms with E-state index in [4.69, 9.17) is 5.73 Å². The molecule has 3 heterocycles. The van der Waals surface area contributed by atoms with Crippen molar-refractivity contribution in [2.24, 2.45) is 0 Å². The number of carbonyl (C=O) groups excluding carboxylic acids is 2. The minimum absolute atomic E-state index is 0.166. The van der Waals surface area contributed by atoms with E-state index in [0.29, 0.717) is 18.1 Å². The van der Waals surface area contributed by atoms with Crippen LogP contribution in [0.25, 0.3) is 0 Å². The van der Waals surface area contributed by atoms with Gasteiger partial charge in [0.1, 0.15) is 12.0 Å². The van der Waals surface area contributed by atoms with Gasteiger partial charge < -0.3 is 21.1 Å². The van der Waals surface area contributed by atoms with E-state index in [1.165, 1.54) is 17.5 Å². The standard InChI is InChI=1S/C19H25N5O3S/c1-11-9-12(10-22-16(11)20)23-18(26)19(27)24-8-4-3-5-13(24)14-6-7-15(28-14)17(25)21-2/h6-7,9-10,13,17,21,25H,3-5,8H2,1-2H3,(H2,20,22)(H,23,26)/t13-,17?/m0/s1. The molecular formula is C19H25N5O3S. The Morgan fingerprint density at radius 3 is 2.89 bits per heavy atom. The summed E-state index contributed by atoms with van der Waals surface area (Å²) in [6.07, 6.45) is 3.33. The van der Waals surface area contributed by atoms with E-state index < -0.39 is 18.0 Å². The molecule has 5 N–H and O–H groups in total. The number of aliphatic hydroxyl groups excluding tert-OH is 1. The number of nitrogens with zero attached hydrogens (tertiary/aromatic N) is 2. The largest absolute Gasteiger partial charge is 0.383 e. The fraction of sp³-hybridized carbons (Fsp3) is 0.421. The quantitative estimate of drug-likeness (QED) is 0.457. The highest BCUT2D eigenvalue weighted by Crippen LogP contribution is 2.36. The number of pyridine rings is 1. The lowest BCUT2D eigenvalue weighted by Crippen LogP contribution is -2.44. The molecule has 28 heavy (non-hydrogen) atoms. The number of thiophene rings is 1. The van der Waals surface area contributed by atoms with E-state index in [0.717, 1.165) is 34.6 Å². The minimum Gasteiger partial charge on any atom is -0.383 e. The normalized spacial score (nSPS) is 18.0. The van der Waals surface area contributed by atoms with Crippen molar-refractivity contribution < 1.29 is 14.7 Å². The number of likely N-dealkylation sites (tertiary alicyclic amines) is 1. The minimum atomic E-state index is -0.740. The highest BCUT2D eigenvalue weighted by Gasteiger charge is 2.33. The number of nitrogen functional groups attached to an aromatic ring is 1. The van der Waals surface area contributed by atoms with Gasteiger partial charge in [-0.15, -0.1) is 11.3 Å². The van der Waals surface area contributed by atoms with Crippen LogP contribution in [0.5, 0.6) is 0 Å². The van der Waals surface area contributed by atoms with Crippen molar-refractivity contribution in [1.82, 2.24) is 15.2 Å². The van der Waals surface area contributed by atoms with E-state index >= 15 is 0 Å². The number of carbonyl (C=O) groups is 2. The average Bonchev–Trinajstić information content (AvgIpc) is 3.19. The second-order valence-electron chi connectivity index (χ2n) is 6.82. The van der Waals surface area contributed by atoms with E-state index in [-0.39, 0.29) is 6.04 Å². The highest BCUT2D eigenvalue weighted by atomic mass is 32.1.